The number of hydrogen-bond acceptors (Lipinski definition) is 6. The number of amides is 2. The van der Waals surface area contributed by atoms with E-state index in [2.05, 4.69) is 25.8 Å². The number of rotatable bonds is 8. The smallest absolute Gasteiger partial charge is 0.407 e. The second-order valence-electron chi connectivity index (χ2n) is 7.62. The van der Waals surface area contributed by atoms with Crippen molar-refractivity contribution in [3.63, 3.8) is 0 Å². The predicted molar refractivity (Wildman–Crippen MR) is 111 cm³/mol. The van der Waals surface area contributed by atoms with E-state index in [1.165, 1.54) is 0 Å². The summed E-state index contributed by atoms with van der Waals surface area (Å²) in [7, 11) is 1.55. The lowest BCUT2D eigenvalue weighted by molar-refractivity contribution is -0.115. The SMILES string of the molecule is CCC(C)OC(=O)NC1CCC(c2cc(NC(=O)Cc3ccc(OC)nc3)n[nH]2)C1. The minimum Gasteiger partial charge on any atom is -0.481 e. The number of nitrogens with zero attached hydrogens (tertiary/aromatic N) is 2. The molecule has 3 atom stereocenters. The monoisotopic (exact) mass is 415 g/mol. The van der Waals surface area contributed by atoms with Gasteiger partial charge in [-0.1, -0.05) is 13.0 Å². The third-order valence-corrected chi connectivity index (χ3v) is 5.31. The molecule has 1 fully saturated rings. The van der Waals surface area contributed by atoms with Crippen LogP contribution in [0.4, 0.5) is 10.6 Å². The Morgan fingerprint density at radius 2 is 2.17 bits per heavy atom. The molecule has 30 heavy (non-hydrogen) atoms. The van der Waals surface area contributed by atoms with Crippen molar-refractivity contribution in [3.8, 4) is 5.88 Å². The first-order chi connectivity index (χ1) is 14.5. The Labute approximate surface area is 175 Å². The van der Waals surface area contributed by atoms with Gasteiger partial charge in [0.1, 0.15) is 6.10 Å². The summed E-state index contributed by atoms with van der Waals surface area (Å²) in [5.74, 6) is 1.08. The Morgan fingerprint density at radius 3 is 2.87 bits per heavy atom. The van der Waals surface area contributed by atoms with Crippen molar-refractivity contribution in [1.29, 1.82) is 0 Å². The van der Waals surface area contributed by atoms with Crippen molar-refractivity contribution in [2.75, 3.05) is 12.4 Å². The number of ether oxygens (including phenoxy) is 2. The summed E-state index contributed by atoms with van der Waals surface area (Å²) in [6.07, 6.45) is 4.78. The molecule has 3 unspecified atom stereocenters. The van der Waals surface area contributed by atoms with Gasteiger partial charge in [0.15, 0.2) is 5.82 Å². The van der Waals surface area contributed by atoms with Gasteiger partial charge in [-0.25, -0.2) is 9.78 Å². The average Bonchev–Trinajstić information content (AvgIpc) is 3.37. The average molecular weight is 415 g/mol. The number of aromatic amines is 1. The number of carbonyl (C=O) groups excluding carboxylic acids is 2. The maximum Gasteiger partial charge on any atom is 0.407 e. The lowest BCUT2D eigenvalue weighted by atomic mass is 10.0. The molecule has 2 heterocycles. The molecule has 9 nitrogen and oxygen atoms in total. The molecule has 0 aliphatic heterocycles. The minimum atomic E-state index is -0.361. The van der Waals surface area contributed by atoms with Crippen LogP contribution in [0.25, 0.3) is 0 Å². The van der Waals surface area contributed by atoms with Crippen molar-refractivity contribution in [3.05, 3.63) is 35.7 Å². The van der Waals surface area contributed by atoms with Gasteiger partial charge in [-0.15, -0.1) is 0 Å². The number of pyridine rings is 1. The van der Waals surface area contributed by atoms with Crippen LogP contribution in [-0.2, 0) is 16.0 Å². The van der Waals surface area contributed by atoms with Crippen LogP contribution in [0, 0.1) is 0 Å². The van der Waals surface area contributed by atoms with Crippen LogP contribution in [0.2, 0.25) is 0 Å². The topological polar surface area (TPSA) is 118 Å². The fourth-order valence-electron chi connectivity index (χ4n) is 3.48. The summed E-state index contributed by atoms with van der Waals surface area (Å²) in [5, 5.41) is 13.0. The van der Waals surface area contributed by atoms with Crippen LogP contribution in [0.1, 0.15) is 56.7 Å². The Hall–Kier alpha value is -3.10. The fourth-order valence-corrected chi connectivity index (χ4v) is 3.48. The molecule has 0 saturated heterocycles. The largest absolute Gasteiger partial charge is 0.481 e. The molecular formula is C21H29N5O4. The van der Waals surface area contributed by atoms with E-state index in [-0.39, 0.29) is 36.5 Å². The Balaban J connectivity index is 1.47. The van der Waals surface area contributed by atoms with Crippen LogP contribution in [0.15, 0.2) is 24.4 Å². The molecule has 2 aromatic heterocycles. The van der Waals surface area contributed by atoms with Crippen molar-refractivity contribution < 1.29 is 19.1 Å². The second-order valence-corrected chi connectivity index (χ2v) is 7.62. The van der Waals surface area contributed by atoms with Gasteiger partial charge in [0.05, 0.1) is 13.5 Å². The molecule has 2 aromatic rings. The van der Waals surface area contributed by atoms with Gasteiger partial charge < -0.3 is 20.1 Å². The summed E-state index contributed by atoms with van der Waals surface area (Å²) in [4.78, 5) is 28.3. The third kappa shape index (κ3) is 5.95. The number of carbonyl (C=O) groups is 2. The van der Waals surface area contributed by atoms with E-state index in [4.69, 9.17) is 9.47 Å². The normalized spacial score (nSPS) is 19.2. The minimum absolute atomic E-state index is 0.0791. The predicted octanol–water partition coefficient (Wildman–Crippen LogP) is 3.16. The molecule has 2 amide bonds. The van der Waals surface area contributed by atoms with Gasteiger partial charge in [-0.2, -0.15) is 5.10 Å². The zero-order valence-electron chi connectivity index (χ0n) is 17.6. The van der Waals surface area contributed by atoms with E-state index in [0.29, 0.717) is 11.7 Å². The number of alkyl carbamates (subject to hydrolysis) is 1. The summed E-state index contributed by atoms with van der Waals surface area (Å²) in [5.41, 5.74) is 1.74. The molecule has 0 radical (unpaired) electrons. The molecule has 1 saturated carbocycles. The van der Waals surface area contributed by atoms with Crippen LogP contribution >= 0.6 is 0 Å². The van der Waals surface area contributed by atoms with Crippen LogP contribution in [-0.4, -0.2) is 46.4 Å². The van der Waals surface area contributed by atoms with Crippen molar-refractivity contribution in [2.45, 2.75) is 64.0 Å². The summed E-state index contributed by atoms with van der Waals surface area (Å²) >= 11 is 0. The molecule has 3 rings (SSSR count). The number of anilines is 1. The highest BCUT2D eigenvalue weighted by Crippen LogP contribution is 2.34. The lowest BCUT2D eigenvalue weighted by Crippen LogP contribution is -2.35. The molecule has 9 heteroatoms. The Kier molecular flexibility index (Phi) is 7.26. The van der Waals surface area contributed by atoms with E-state index >= 15 is 0 Å². The zero-order chi connectivity index (χ0) is 21.5. The molecule has 0 bridgehead atoms. The first kappa shape index (κ1) is 21.6. The van der Waals surface area contributed by atoms with Gasteiger partial charge in [-0.3, -0.25) is 9.89 Å². The molecule has 1 aliphatic carbocycles. The van der Waals surface area contributed by atoms with Gasteiger partial charge in [0, 0.05) is 36.0 Å². The number of nitrogens with one attached hydrogen (secondary N) is 3. The fraction of sp³-hybridized carbons (Fsp3) is 0.524. The van der Waals surface area contributed by atoms with Gasteiger partial charge >= 0.3 is 6.09 Å². The van der Waals surface area contributed by atoms with Crippen LogP contribution in [0.5, 0.6) is 5.88 Å². The van der Waals surface area contributed by atoms with E-state index in [0.717, 1.165) is 36.9 Å². The maximum absolute atomic E-state index is 12.3. The van der Waals surface area contributed by atoms with E-state index in [9.17, 15) is 9.59 Å². The zero-order valence-corrected chi connectivity index (χ0v) is 17.6. The number of hydrogen-bond donors (Lipinski definition) is 3. The summed E-state index contributed by atoms with van der Waals surface area (Å²) < 4.78 is 10.3. The Morgan fingerprint density at radius 1 is 1.33 bits per heavy atom. The van der Waals surface area contributed by atoms with E-state index in [1.807, 2.05) is 19.9 Å². The third-order valence-electron chi connectivity index (χ3n) is 5.31. The van der Waals surface area contributed by atoms with Crippen LogP contribution in [0.3, 0.4) is 0 Å². The number of aromatic nitrogens is 3. The highest BCUT2D eigenvalue weighted by atomic mass is 16.6. The highest BCUT2D eigenvalue weighted by Gasteiger charge is 2.29. The first-order valence-corrected chi connectivity index (χ1v) is 10.3. The quantitative estimate of drug-likeness (QED) is 0.609. The van der Waals surface area contributed by atoms with Gasteiger partial charge in [0.25, 0.3) is 0 Å². The van der Waals surface area contributed by atoms with Crippen molar-refractivity contribution in [2.24, 2.45) is 0 Å². The highest BCUT2D eigenvalue weighted by molar-refractivity contribution is 5.91. The molecular weight excluding hydrogens is 386 g/mol. The van der Waals surface area contributed by atoms with Gasteiger partial charge in [0.2, 0.25) is 11.8 Å². The number of methoxy groups -OCH3 is 1. The number of H-pyrrole nitrogens is 1. The van der Waals surface area contributed by atoms with Crippen molar-refractivity contribution in [1.82, 2.24) is 20.5 Å². The maximum atomic E-state index is 12.3. The Bertz CT molecular complexity index is 851. The first-order valence-electron chi connectivity index (χ1n) is 10.3. The molecule has 1 aliphatic rings. The molecule has 0 aromatic carbocycles. The van der Waals surface area contributed by atoms with E-state index < -0.39 is 0 Å². The van der Waals surface area contributed by atoms with Crippen molar-refractivity contribution >= 4 is 17.8 Å². The summed E-state index contributed by atoms with van der Waals surface area (Å²) in [6, 6.07) is 5.46. The summed E-state index contributed by atoms with van der Waals surface area (Å²) in [6.45, 7) is 3.86. The second kappa shape index (κ2) is 10.1. The lowest BCUT2D eigenvalue weighted by Gasteiger charge is -2.16. The molecule has 3 N–H and O–H groups in total. The van der Waals surface area contributed by atoms with E-state index in [1.54, 1.807) is 25.4 Å². The van der Waals surface area contributed by atoms with Crippen LogP contribution < -0.4 is 15.4 Å². The molecule has 0 spiro atoms. The van der Waals surface area contributed by atoms with Gasteiger partial charge in [-0.05, 0) is 38.2 Å². The standard InChI is InChI=1S/C21H29N5O4/c1-4-13(2)30-21(28)23-16-7-6-15(10-16)17-11-18(26-25-17)24-19(27)9-14-5-8-20(29-3)22-12-14/h5,8,11-13,15-16H,4,6-7,9-10H2,1-3H3,(H,23,28)(H2,24,25,26,27). The molecule has 162 valence electrons.